The highest BCUT2D eigenvalue weighted by Gasteiger charge is 2.69. The summed E-state index contributed by atoms with van der Waals surface area (Å²) in [5.41, 5.74) is -2.02. The zero-order chi connectivity index (χ0) is 73.4. The Balaban J connectivity index is -0.000000403. The van der Waals surface area contributed by atoms with E-state index in [1.165, 1.54) is 180 Å². The summed E-state index contributed by atoms with van der Waals surface area (Å²) >= 11 is 0. The average Bonchev–Trinajstić information content (AvgIpc) is 1.52. The van der Waals surface area contributed by atoms with Crippen LogP contribution >= 0.6 is 0 Å². The number of fused-ring (bicyclic) bond motifs is 1. The second kappa shape index (κ2) is 45.6. The van der Waals surface area contributed by atoms with Crippen LogP contribution in [-0.4, -0.2) is 64.1 Å². The molecule has 0 N–H and O–H groups in total. The van der Waals surface area contributed by atoms with Crippen molar-refractivity contribution in [3.63, 3.8) is 0 Å². The Kier molecular flexibility index (Phi) is 48.0. The Hall–Kier alpha value is -2.69. The van der Waals surface area contributed by atoms with Crippen LogP contribution in [0.15, 0.2) is 0 Å². The molecule has 11 nitrogen and oxygen atoms in total. The smallest absolute Gasteiger partial charge is 0.313 e. The number of esters is 5. The van der Waals surface area contributed by atoms with Gasteiger partial charge in [-0.25, -0.2) is 0 Å². The van der Waals surface area contributed by atoms with Gasteiger partial charge < -0.3 is 28.4 Å². The number of rotatable bonds is 20. The van der Waals surface area contributed by atoms with Crippen molar-refractivity contribution in [2.45, 2.75) is 506 Å². The summed E-state index contributed by atoms with van der Waals surface area (Å²) in [7, 11) is 0. The fourth-order valence-electron chi connectivity index (χ4n) is 20.1. The lowest BCUT2D eigenvalue weighted by atomic mass is 9.54. The van der Waals surface area contributed by atoms with Crippen LogP contribution in [0.1, 0.15) is 472 Å². The van der Waals surface area contributed by atoms with Crippen molar-refractivity contribution in [2.75, 3.05) is 0 Å². The molecule has 0 aromatic heterocycles. The van der Waals surface area contributed by atoms with Gasteiger partial charge in [-0.15, -0.1) is 0 Å². The van der Waals surface area contributed by atoms with E-state index in [2.05, 4.69) is 69.2 Å². The third-order valence-electron chi connectivity index (χ3n) is 29.3. The molecule has 0 radical (unpaired) electrons. The van der Waals surface area contributed by atoms with Crippen LogP contribution in [0, 0.1) is 91.2 Å². The third-order valence-corrected chi connectivity index (χ3v) is 29.3. The summed E-state index contributed by atoms with van der Waals surface area (Å²) in [5.74, 6) is 6.20. The molecule has 648 valence electrons. The topological polar surface area (TPSA) is 141 Å². The number of hydrogen-bond acceptors (Lipinski definition) is 11. The molecule has 11 heteroatoms. The third kappa shape index (κ3) is 27.8. The minimum atomic E-state index is -0.418. The normalized spacial score (nSPS) is 27.7. The van der Waals surface area contributed by atoms with Crippen LogP contribution in [-0.2, 0) is 52.4 Å². The fraction of sp³-hybridized carbons (Fsp3) is 0.948. The minimum absolute atomic E-state index is 0. The van der Waals surface area contributed by atoms with E-state index in [1.54, 1.807) is 0 Å². The Morgan fingerprint density at radius 3 is 1.11 bits per heavy atom. The maximum Gasteiger partial charge on any atom is 0.313 e. The molecule has 0 aliphatic heterocycles. The predicted octanol–water partition coefficient (Wildman–Crippen LogP) is 30.2. The highest BCUT2D eigenvalue weighted by molar-refractivity contribution is 5.78. The Bertz CT molecular complexity index is 2510. The van der Waals surface area contributed by atoms with Gasteiger partial charge >= 0.3 is 29.8 Å². The van der Waals surface area contributed by atoms with Gasteiger partial charge in [0.1, 0.15) is 22.4 Å². The zero-order valence-electron chi connectivity index (χ0n) is 68.2. The number of carbonyl (C=O) groups excluding carboxylic acids is 5. The SMILES string of the molecule is C.C.C.C.C.C.C.C.C.C.CCC(C)(C)C(=O)OC(C)(C)C1CCCCC1.CCC(C)(C)C(=O)OC(C)(C1CCCCC1)C1CCCCC1.CCC(C)(C)C(=O)OC(C)OC12CC3CC(CC(C3)C1)C2.CCC(C)(C)C(=O)OC1(C)CCC23CC1C(C)(C)C2CCC3C.CCC(C)(C)C(=O)OC1(C)CCCCC1. The first-order valence-corrected chi connectivity index (χ1v) is 41.2. The summed E-state index contributed by atoms with van der Waals surface area (Å²) in [6.07, 6.45) is 42.7. The largest absolute Gasteiger partial charge is 0.459 e. The molecule has 11 aliphatic carbocycles. The minimum Gasteiger partial charge on any atom is -0.459 e. The predicted molar refractivity (Wildman–Crippen MR) is 467 cm³/mol. The number of hydrogen-bond donors (Lipinski definition) is 0. The van der Waals surface area contributed by atoms with E-state index in [4.69, 9.17) is 28.4 Å². The van der Waals surface area contributed by atoms with Crippen molar-refractivity contribution in [3.8, 4) is 0 Å². The molecule has 0 aromatic carbocycles. The van der Waals surface area contributed by atoms with E-state index in [0.29, 0.717) is 29.1 Å². The molecule has 6 bridgehead atoms. The van der Waals surface area contributed by atoms with Gasteiger partial charge in [0, 0.05) is 5.92 Å². The molecule has 108 heavy (non-hydrogen) atoms. The van der Waals surface area contributed by atoms with E-state index < -0.39 is 11.7 Å². The van der Waals surface area contributed by atoms with Crippen molar-refractivity contribution in [1.29, 1.82) is 0 Å². The number of ether oxygens (including phenoxy) is 6. The van der Waals surface area contributed by atoms with E-state index in [1.807, 2.05) is 96.9 Å². The summed E-state index contributed by atoms with van der Waals surface area (Å²) in [6, 6.07) is 0. The van der Waals surface area contributed by atoms with Crippen molar-refractivity contribution < 1.29 is 52.4 Å². The maximum absolute atomic E-state index is 12.8. The van der Waals surface area contributed by atoms with Gasteiger partial charge in [-0.1, -0.05) is 194 Å². The lowest BCUT2D eigenvalue weighted by Gasteiger charge is -2.56. The molecule has 6 atom stereocenters. The van der Waals surface area contributed by atoms with Crippen molar-refractivity contribution in [2.24, 2.45) is 91.2 Å². The molecule has 6 unspecified atom stereocenters. The second-order valence-electron chi connectivity index (χ2n) is 39.4. The van der Waals surface area contributed by atoms with Crippen LogP contribution in [0.2, 0.25) is 0 Å². The molecule has 1 spiro atoms. The van der Waals surface area contributed by atoms with Gasteiger partial charge in [-0.05, 0) is 336 Å². The average molecular weight is 1540 g/mol. The molecule has 0 aromatic rings. The van der Waals surface area contributed by atoms with Crippen LogP contribution in [0.5, 0.6) is 0 Å². The molecule has 0 saturated heterocycles. The van der Waals surface area contributed by atoms with Crippen LogP contribution < -0.4 is 0 Å². The first-order chi connectivity index (χ1) is 45.4. The van der Waals surface area contributed by atoms with E-state index in [0.717, 1.165) is 81.0 Å². The van der Waals surface area contributed by atoms with Crippen LogP contribution in [0.25, 0.3) is 0 Å². The monoisotopic (exact) mass is 1540 g/mol. The van der Waals surface area contributed by atoms with Gasteiger partial charge in [-0.3, -0.25) is 24.0 Å². The van der Waals surface area contributed by atoms with Crippen molar-refractivity contribution in [3.05, 3.63) is 0 Å². The molecule has 0 heterocycles. The van der Waals surface area contributed by atoms with Gasteiger partial charge in [0.15, 0.2) is 0 Å². The van der Waals surface area contributed by atoms with E-state index in [9.17, 15) is 24.0 Å². The molecule has 11 rings (SSSR count). The Morgan fingerprint density at radius 2 is 0.722 bits per heavy atom. The molecule has 11 fully saturated rings. The Morgan fingerprint density at radius 1 is 0.380 bits per heavy atom. The van der Waals surface area contributed by atoms with Gasteiger partial charge in [0.25, 0.3) is 0 Å². The quantitative estimate of drug-likeness (QED) is 0.0653. The highest BCUT2D eigenvalue weighted by Crippen LogP contribution is 2.74. The van der Waals surface area contributed by atoms with E-state index in [-0.39, 0.29) is 159 Å². The van der Waals surface area contributed by atoms with Crippen LogP contribution in [0.4, 0.5) is 0 Å². The summed E-state index contributed by atoms with van der Waals surface area (Å²) in [4.78, 5) is 61.8. The van der Waals surface area contributed by atoms with Crippen LogP contribution in [0.3, 0.4) is 0 Å². The molecule has 11 saturated carbocycles. The van der Waals surface area contributed by atoms with Crippen molar-refractivity contribution in [1.82, 2.24) is 0 Å². The van der Waals surface area contributed by atoms with Gasteiger partial charge in [0.2, 0.25) is 6.29 Å². The first kappa shape index (κ1) is 114. The van der Waals surface area contributed by atoms with E-state index >= 15 is 0 Å². The Labute approximate surface area is 675 Å². The molecular formula is C97H194O11. The summed E-state index contributed by atoms with van der Waals surface area (Å²) < 4.78 is 36.0. The van der Waals surface area contributed by atoms with Gasteiger partial charge in [-0.2, -0.15) is 0 Å². The second-order valence-corrected chi connectivity index (χ2v) is 39.4. The molecule has 0 amide bonds. The standard InChI is InChI=1S/C21H36O2.C20H36O2.C18H30O3.C15H28O2.C13H24O2.10CH4/c1-8-18(3,4)17(22)23-20(7)11-12-21-13-16(20)19(5,6)15(21)10-9-14(21)2;1-5-19(2,3)18(21)22-20(4,16-12-8-6-9-13-16)17-14-10-7-11-15-17;1-5-17(3,4)16(19)20-12(2)21-18-9-13-6-14(10-18)8-15(7-13)11-18;1-6-14(2,3)13(16)17-15(4,5)12-10-8-7-9-11-12;1-5-12(2,3)11(14)15-13(4)9-7-6-8-10-13;;;;;;;;;;/h14-16H,8-13H2,1-7H3;16-17H,5-15H2,1-4H3;12-15H,5-11H2,1-4H3;12H,6-11H2,1-5H3;5-10H2,1-4H3;10*1H4. The highest BCUT2D eigenvalue weighted by atomic mass is 16.7. The fourth-order valence-corrected chi connectivity index (χ4v) is 20.1. The number of carbonyl (C=O) groups is 5. The summed E-state index contributed by atoms with van der Waals surface area (Å²) in [6.45, 7) is 50.0. The zero-order valence-corrected chi connectivity index (χ0v) is 68.2. The molecular weight excluding hydrogens is 1340 g/mol. The first-order valence-electron chi connectivity index (χ1n) is 41.2. The molecule has 11 aliphatic rings. The van der Waals surface area contributed by atoms with Gasteiger partial charge in [0.05, 0.1) is 32.7 Å². The lowest BCUT2D eigenvalue weighted by Crippen LogP contribution is -2.53. The van der Waals surface area contributed by atoms with Crippen molar-refractivity contribution >= 4 is 29.8 Å². The summed E-state index contributed by atoms with van der Waals surface area (Å²) in [5, 5.41) is 0. The maximum atomic E-state index is 12.8. The lowest BCUT2D eigenvalue weighted by molar-refractivity contribution is -0.248.